The molecule has 0 spiro atoms. The number of hydrogen-bond donors (Lipinski definition) is 5. The van der Waals surface area contributed by atoms with Crippen molar-refractivity contribution in [1.29, 1.82) is 0 Å². The number of rotatable bonds is 6. The van der Waals surface area contributed by atoms with Crippen LogP contribution in [-0.4, -0.2) is 74.2 Å². The first-order valence-electron chi connectivity index (χ1n) is 7.55. The van der Waals surface area contributed by atoms with E-state index in [0.717, 1.165) is 0 Å². The minimum absolute atomic E-state index is 0.195. The summed E-state index contributed by atoms with van der Waals surface area (Å²) in [4.78, 5) is 11.3. The fraction of sp³-hybridized carbons (Fsp3) is 0.857. The second-order valence-corrected chi connectivity index (χ2v) is 5.92. The Kier molecular flexibility index (Phi) is 7.30. The zero-order valence-corrected chi connectivity index (χ0v) is 14.2. The molecule has 9 heteroatoms. The zero-order chi connectivity index (χ0) is 17.8. The Hall–Kier alpha value is -0.840. The Labute approximate surface area is 140 Å². The highest BCUT2D eigenvalue weighted by atomic mass is 32.1. The molecule has 0 aliphatic carbocycles. The fourth-order valence-electron chi connectivity index (χ4n) is 2.51. The van der Waals surface area contributed by atoms with Crippen molar-refractivity contribution in [2.75, 3.05) is 6.61 Å². The summed E-state index contributed by atoms with van der Waals surface area (Å²) in [7, 11) is 0. The Morgan fingerprint density at radius 1 is 1.48 bits per heavy atom. The predicted octanol–water partition coefficient (Wildman–Crippen LogP) is -1.17. The summed E-state index contributed by atoms with van der Waals surface area (Å²) in [6.07, 6.45) is -5.23. The van der Waals surface area contributed by atoms with Crippen molar-refractivity contribution in [2.45, 2.75) is 69.9 Å². The van der Waals surface area contributed by atoms with Crippen LogP contribution in [0, 0.1) is 0 Å². The van der Waals surface area contributed by atoms with Gasteiger partial charge in [0.2, 0.25) is 16.7 Å². The molecule has 1 unspecified atom stereocenters. The fourth-order valence-corrected chi connectivity index (χ4v) is 2.76. The van der Waals surface area contributed by atoms with Crippen LogP contribution in [0.15, 0.2) is 0 Å². The molecule has 1 saturated heterocycles. The number of nitrogens with one attached hydrogen (secondary N) is 1. The summed E-state index contributed by atoms with van der Waals surface area (Å²) in [5.41, 5.74) is 0. The molecule has 0 aromatic heterocycles. The largest absolute Gasteiger partial charge is 0.483 e. The first-order chi connectivity index (χ1) is 10.7. The summed E-state index contributed by atoms with van der Waals surface area (Å²) in [5.74, 6) is -2.54. The number of aliphatic hydroxyl groups excluding tert-OH is 3. The van der Waals surface area contributed by atoms with E-state index in [-0.39, 0.29) is 24.5 Å². The highest BCUT2D eigenvalue weighted by Crippen LogP contribution is 2.32. The van der Waals surface area contributed by atoms with Crippen LogP contribution >= 0.6 is 12.2 Å². The molecule has 1 amide bonds. The molecule has 1 fully saturated rings. The van der Waals surface area contributed by atoms with Crippen molar-refractivity contribution in [3.05, 3.63) is 0 Å². The van der Waals surface area contributed by atoms with Gasteiger partial charge in [-0.25, -0.2) is 0 Å². The second-order valence-electron chi connectivity index (χ2n) is 5.55. The maximum absolute atomic E-state index is 11.3. The Balaban J connectivity index is 3.08. The van der Waals surface area contributed by atoms with Gasteiger partial charge in [0.05, 0.1) is 24.9 Å². The van der Waals surface area contributed by atoms with E-state index in [1.54, 1.807) is 13.8 Å². The first-order valence-corrected chi connectivity index (χ1v) is 7.95. The average molecular weight is 351 g/mol. The number of hydrogen-bond acceptors (Lipinski definition) is 8. The molecular weight excluding hydrogens is 326 g/mol. The van der Waals surface area contributed by atoms with Crippen LogP contribution in [0.2, 0.25) is 0 Å². The van der Waals surface area contributed by atoms with Gasteiger partial charge in [0.15, 0.2) is 0 Å². The van der Waals surface area contributed by atoms with Crippen LogP contribution in [0.25, 0.3) is 0 Å². The number of thiocarbonyl (C=S) groups is 1. The molecule has 0 saturated carbocycles. The smallest absolute Gasteiger partial charge is 0.239 e. The van der Waals surface area contributed by atoms with Crippen molar-refractivity contribution < 1.29 is 34.7 Å². The molecule has 0 aromatic rings. The number of ether oxygens (including phenoxy) is 2. The van der Waals surface area contributed by atoms with E-state index in [4.69, 9.17) is 21.7 Å². The molecule has 0 radical (unpaired) electrons. The molecule has 134 valence electrons. The molecular formula is C14H25NO7S. The third-order valence-electron chi connectivity index (χ3n) is 3.70. The summed E-state index contributed by atoms with van der Waals surface area (Å²) in [6.45, 7) is 4.76. The zero-order valence-electron chi connectivity index (χ0n) is 13.4. The minimum Gasteiger partial charge on any atom is -0.483 e. The molecule has 23 heavy (non-hydrogen) atoms. The van der Waals surface area contributed by atoms with E-state index in [9.17, 15) is 25.2 Å². The number of carbonyl (C=O) groups is 1. The quantitative estimate of drug-likeness (QED) is 0.379. The molecule has 1 aliphatic heterocycles. The van der Waals surface area contributed by atoms with Crippen molar-refractivity contribution in [1.82, 2.24) is 5.32 Å². The van der Waals surface area contributed by atoms with Crippen LogP contribution < -0.4 is 5.32 Å². The molecule has 0 aromatic carbocycles. The van der Waals surface area contributed by atoms with Gasteiger partial charge in [0.1, 0.15) is 12.2 Å². The van der Waals surface area contributed by atoms with E-state index in [1.165, 1.54) is 6.92 Å². The predicted molar refractivity (Wildman–Crippen MR) is 84.6 cm³/mol. The van der Waals surface area contributed by atoms with Gasteiger partial charge in [-0.2, -0.15) is 0 Å². The van der Waals surface area contributed by atoms with Crippen LogP contribution in [0.1, 0.15) is 33.6 Å². The number of amides is 1. The molecule has 1 aliphatic rings. The SMILES string of the molecule is CCOC(=S)C1(O)C[C@H](O)[C@@H](NC(C)=O)[C@H]([C@H](O)[C@H](O)CC)O1. The Morgan fingerprint density at radius 3 is 2.57 bits per heavy atom. The maximum Gasteiger partial charge on any atom is 0.239 e. The highest BCUT2D eigenvalue weighted by Gasteiger charge is 2.52. The van der Waals surface area contributed by atoms with E-state index in [0.29, 0.717) is 0 Å². The summed E-state index contributed by atoms with van der Waals surface area (Å²) in [6, 6.07) is -1.01. The molecule has 0 bridgehead atoms. The highest BCUT2D eigenvalue weighted by molar-refractivity contribution is 7.80. The van der Waals surface area contributed by atoms with Gasteiger partial charge in [-0.05, 0) is 25.6 Å². The van der Waals surface area contributed by atoms with E-state index < -0.39 is 42.2 Å². The van der Waals surface area contributed by atoms with Crippen LogP contribution in [0.5, 0.6) is 0 Å². The monoisotopic (exact) mass is 351 g/mol. The second kappa shape index (κ2) is 8.32. The van der Waals surface area contributed by atoms with Crippen LogP contribution in [0.3, 0.4) is 0 Å². The van der Waals surface area contributed by atoms with Crippen LogP contribution in [0.4, 0.5) is 0 Å². The molecule has 1 heterocycles. The molecule has 8 nitrogen and oxygen atoms in total. The summed E-state index contributed by atoms with van der Waals surface area (Å²) in [5, 5.41) is 43.1. The van der Waals surface area contributed by atoms with Crippen molar-refractivity contribution in [3.8, 4) is 0 Å². The van der Waals surface area contributed by atoms with Gasteiger partial charge in [0.25, 0.3) is 0 Å². The van der Waals surface area contributed by atoms with Gasteiger partial charge in [-0.1, -0.05) is 6.92 Å². The number of carbonyl (C=O) groups excluding carboxylic acids is 1. The Bertz CT molecular complexity index is 435. The number of aliphatic hydroxyl groups is 4. The lowest BCUT2D eigenvalue weighted by atomic mass is 9.88. The molecule has 1 rings (SSSR count). The lowest BCUT2D eigenvalue weighted by Crippen LogP contribution is -2.67. The first kappa shape index (κ1) is 20.2. The van der Waals surface area contributed by atoms with E-state index in [1.807, 2.05) is 0 Å². The third-order valence-corrected chi connectivity index (χ3v) is 4.14. The lowest BCUT2D eigenvalue weighted by Gasteiger charge is -2.46. The molecule has 6 atom stereocenters. The maximum atomic E-state index is 11.3. The lowest BCUT2D eigenvalue weighted by molar-refractivity contribution is -0.270. The van der Waals surface area contributed by atoms with Crippen molar-refractivity contribution in [2.24, 2.45) is 0 Å². The molecule has 5 N–H and O–H groups in total. The van der Waals surface area contributed by atoms with Gasteiger partial charge in [0, 0.05) is 13.3 Å². The van der Waals surface area contributed by atoms with Gasteiger partial charge >= 0.3 is 0 Å². The minimum atomic E-state index is -2.10. The van der Waals surface area contributed by atoms with E-state index in [2.05, 4.69) is 5.32 Å². The van der Waals surface area contributed by atoms with Gasteiger partial charge < -0.3 is 35.2 Å². The summed E-state index contributed by atoms with van der Waals surface area (Å²) < 4.78 is 10.5. The van der Waals surface area contributed by atoms with E-state index >= 15 is 0 Å². The normalized spacial score (nSPS) is 33.6. The van der Waals surface area contributed by atoms with Crippen LogP contribution in [-0.2, 0) is 14.3 Å². The van der Waals surface area contributed by atoms with Gasteiger partial charge in [-0.3, -0.25) is 4.79 Å². The average Bonchev–Trinajstić information content (AvgIpc) is 2.48. The summed E-state index contributed by atoms with van der Waals surface area (Å²) >= 11 is 4.96. The van der Waals surface area contributed by atoms with Crippen molar-refractivity contribution in [3.63, 3.8) is 0 Å². The van der Waals surface area contributed by atoms with Gasteiger partial charge in [-0.15, -0.1) is 0 Å². The topological polar surface area (TPSA) is 128 Å². The Morgan fingerprint density at radius 2 is 2.09 bits per heavy atom. The van der Waals surface area contributed by atoms with Crippen molar-refractivity contribution >= 4 is 23.2 Å². The third kappa shape index (κ3) is 4.82. The standard InChI is InChI=1S/C14H25NO7S/c1-4-8(17)11(19)12-10(15-7(3)16)9(18)6-14(20,22-12)13(23)21-5-2/h8-12,17-20H,4-6H2,1-3H3,(H,15,16)/t8-,9+,10-,11-,12-,14?/m1/s1.